The highest BCUT2D eigenvalue weighted by Gasteiger charge is 2.20. The van der Waals surface area contributed by atoms with E-state index in [0.717, 1.165) is 5.56 Å². The van der Waals surface area contributed by atoms with Crippen molar-refractivity contribution in [3.05, 3.63) is 34.9 Å². The SMILES string of the molecule is COC(=O)[C@@H](Cc1ccc(Cl)cc1)OO. The van der Waals surface area contributed by atoms with E-state index >= 15 is 0 Å². The molecular weight excluding hydrogens is 220 g/mol. The molecule has 4 nitrogen and oxygen atoms in total. The zero-order valence-corrected chi connectivity index (χ0v) is 8.90. The van der Waals surface area contributed by atoms with E-state index in [0.29, 0.717) is 5.02 Å². The minimum atomic E-state index is -1.00. The fourth-order valence-corrected chi connectivity index (χ4v) is 1.26. The summed E-state index contributed by atoms with van der Waals surface area (Å²) >= 11 is 5.70. The minimum absolute atomic E-state index is 0.236. The van der Waals surface area contributed by atoms with Crippen molar-refractivity contribution < 1.29 is 19.7 Å². The second-order valence-electron chi connectivity index (χ2n) is 2.95. The molecule has 0 radical (unpaired) electrons. The molecule has 15 heavy (non-hydrogen) atoms. The zero-order chi connectivity index (χ0) is 11.3. The molecule has 1 aromatic carbocycles. The van der Waals surface area contributed by atoms with E-state index in [4.69, 9.17) is 16.9 Å². The van der Waals surface area contributed by atoms with Crippen LogP contribution in [0.1, 0.15) is 5.56 Å². The van der Waals surface area contributed by atoms with Crippen molar-refractivity contribution in [1.82, 2.24) is 0 Å². The molecule has 0 saturated carbocycles. The largest absolute Gasteiger partial charge is 0.467 e. The molecule has 0 amide bonds. The molecule has 0 aliphatic carbocycles. The molecule has 0 heterocycles. The van der Waals surface area contributed by atoms with E-state index in [1.807, 2.05) is 0 Å². The average Bonchev–Trinajstić information content (AvgIpc) is 2.27. The van der Waals surface area contributed by atoms with Crippen LogP contribution in [0.3, 0.4) is 0 Å². The molecule has 1 aromatic rings. The number of ether oxygens (including phenoxy) is 1. The van der Waals surface area contributed by atoms with Crippen LogP contribution in [0.25, 0.3) is 0 Å². The topological polar surface area (TPSA) is 55.8 Å². The predicted octanol–water partition coefficient (Wildman–Crippen LogP) is 1.91. The lowest BCUT2D eigenvalue weighted by molar-refractivity contribution is -0.276. The molecule has 5 heteroatoms. The lowest BCUT2D eigenvalue weighted by Crippen LogP contribution is -2.26. The van der Waals surface area contributed by atoms with Crippen LogP contribution >= 0.6 is 11.6 Å². The minimum Gasteiger partial charge on any atom is -0.467 e. The lowest BCUT2D eigenvalue weighted by Gasteiger charge is -2.10. The first-order valence-electron chi connectivity index (χ1n) is 4.30. The third-order valence-electron chi connectivity index (χ3n) is 1.93. The van der Waals surface area contributed by atoms with Gasteiger partial charge < -0.3 is 4.74 Å². The Bertz CT molecular complexity index is 323. The number of carbonyl (C=O) groups excluding carboxylic acids is 1. The Morgan fingerprint density at radius 1 is 1.47 bits per heavy atom. The Hall–Kier alpha value is -1.10. The van der Waals surface area contributed by atoms with Gasteiger partial charge in [0.1, 0.15) is 0 Å². The van der Waals surface area contributed by atoms with Crippen LogP contribution in [-0.2, 0) is 20.8 Å². The van der Waals surface area contributed by atoms with Crippen molar-refractivity contribution in [1.29, 1.82) is 0 Å². The van der Waals surface area contributed by atoms with Gasteiger partial charge in [0.05, 0.1) is 7.11 Å². The van der Waals surface area contributed by atoms with Gasteiger partial charge in [0.15, 0.2) is 6.10 Å². The Morgan fingerprint density at radius 2 is 2.07 bits per heavy atom. The highest BCUT2D eigenvalue weighted by molar-refractivity contribution is 6.30. The molecule has 1 N–H and O–H groups in total. The number of hydrogen-bond acceptors (Lipinski definition) is 4. The number of halogens is 1. The third-order valence-corrected chi connectivity index (χ3v) is 2.18. The normalized spacial score (nSPS) is 12.2. The number of rotatable bonds is 4. The third kappa shape index (κ3) is 3.51. The van der Waals surface area contributed by atoms with Crippen LogP contribution in [0.4, 0.5) is 0 Å². The van der Waals surface area contributed by atoms with Crippen molar-refractivity contribution in [2.24, 2.45) is 0 Å². The molecule has 0 saturated heterocycles. The van der Waals surface area contributed by atoms with Crippen molar-refractivity contribution in [2.45, 2.75) is 12.5 Å². The first-order valence-corrected chi connectivity index (χ1v) is 4.67. The summed E-state index contributed by atoms with van der Waals surface area (Å²) in [5, 5.41) is 9.13. The number of methoxy groups -OCH3 is 1. The van der Waals surface area contributed by atoms with Gasteiger partial charge >= 0.3 is 5.97 Å². The van der Waals surface area contributed by atoms with Gasteiger partial charge in [-0.05, 0) is 17.7 Å². The smallest absolute Gasteiger partial charge is 0.338 e. The standard InChI is InChI=1S/C10H11ClO4/c1-14-10(12)9(15-13)6-7-2-4-8(11)5-3-7/h2-5,9,13H,6H2,1H3/t9-/m1/s1. The summed E-state index contributed by atoms with van der Waals surface area (Å²) in [6.45, 7) is 0. The molecular formula is C10H11ClO4. The maximum Gasteiger partial charge on any atom is 0.338 e. The fraction of sp³-hybridized carbons (Fsp3) is 0.300. The van der Waals surface area contributed by atoms with Crippen molar-refractivity contribution in [3.8, 4) is 0 Å². The first kappa shape index (κ1) is 12.0. The van der Waals surface area contributed by atoms with Crippen molar-refractivity contribution >= 4 is 17.6 Å². The average molecular weight is 231 g/mol. The maximum atomic E-state index is 11.1. The highest BCUT2D eigenvalue weighted by Crippen LogP contribution is 2.12. The highest BCUT2D eigenvalue weighted by atomic mass is 35.5. The summed E-state index contributed by atoms with van der Waals surface area (Å²) in [4.78, 5) is 15.1. The van der Waals surface area contributed by atoms with Gasteiger partial charge in [0.25, 0.3) is 0 Å². The van der Waals surface area contributed by atoms with E-state index in [9.17, 15) is 4.79 Å². The van der Waals surface area contributed by atoms with Crippen molar-refractivity contribution in [3.63, 3.8) is 0 Å². The monoisotopic (exact) mass is 230 g/mol. The molecule has 0 fully saturated rings. The molecule has 0 bridgehead atoms. The first-order chi connectivity index (χ1) is 7.17. The molecule has 0 unspecified atom stereocenters. The summed E-state index contributed by atoms with van der Waals surface area (Å²) in [5.74, 6) is -0.618. The van der Waals surface area contributed by atoms with Gasteiger partial charge in [-0.25, -0.2) is 9.68 Å². The second kappa shape index (κ2) is 5.70. The number of benzene rings is 1. The Balaban J connectivity index is 2.66. The summed E-state index contributed by atoms with van der Waals surface area (Å²) < 4.78 is 4.45. The van der Waals surface area contributed by atoms with Crippen LogP contribution in [0, 0.1) is 0 Å². The zero-order valence-electron chi connectivity index (χ0n) is 8.14. The number of hydrogen-bond donors (Lipinski definition) is 1. The van der Waals surface area contributed by atoms with Crippen LogP contribution in [0.2, 0.25) is 5.02 Å². The van der Waals surface area contributed by atoms with Gasteiger partial charge in [-0.2, -0.15) is 0 Å². The van der Waals surface area contributed by atoms with E-state index < -0.39 is 12.1 Å². The number of carbonyl (C=O) groups is 1. The fourth-order valence-electron chi connectivity index (χ4n) is 1.13. The Morgan fingerprint density at radius 3 is 2.53 bits per heavy atom. The summed E-state index contributed by atoms with van der Waals surface area (Å²) in [7, 11) is 1.23. The van der Waals surface area contributed by atoms with Gasteiger partial charge in [-0.3, -0.25) is 5.26 Å². The summed E-state index contributed by atoms with van der Waals surface area (Å²) in [6, 6.07) is 6.89. The van der Waals surface area contributed by atoms with E-state index in [2.05, 4.69) is 9.62 Å². The van der Waals surface area contributed by atoms with Gasteiger partial charge in [-0.1, -0.05) is 23.7 Å². The number of esters is 1. The quantitative estimate of drug-likeness (QED) is 0.488. The Kier molecular flexibility index (Phi) is 4.55. The van der Waals surface area contributed by atoms with Crippen LogP contribution in [-0.4, -0.2) is 24.4 Å². The summed E-state index contributed by atoms with van der Waals surface area (Å²) in [5.41, 5.74) is 0.823. The Labute approximate surface area is 92.3 Å². The molecule has 0 aliphatic rings. The molecule has 0 spiro atoms. The lowest BCUT2D eigenvalue weighted by atomic mass is 10.1. The van der Waals surface area contributed by atoms with Crippen LogP contribution in [0.15, 0.2) is 24.3 Å². The second-order valence-corrected chi connectivity index (χ2v) is 3.38. The molecule has 1 atom stereocenters. The van der Waals surface area contributed by atoms with E-state index in [1.54, 1.807) is 24.3 Å². The van der Waals surface area contributed by atoms with Gasteiger partial charge in [0.2, 0.25) is 0 Å². The molecule has 0 aliphatic heterocycles. The van der Waals surface area contributed by atoms with Crippen LogP contribution in [0.5, 0.6) is 0 Å². The van der Waals surface area contributed by atoms with Crippen LogP contribution < -0.4 is 0 Å². The van der Waals surface area contributed by atoms with Gasteiger partial charge in [-0.15, -0.1) is 0 Å². The maximum absolute atomic E-state index is 11.1. The van der Waals surface area contributed by atoms with E-state index in [-0.39, 0.29) is 6.42 Å². The predicted molar refractivity (Wildman–Crippen MR) is 54.7 cm³/mol. The van der Waals surface area contributed by atoms with E-state index in [1.165, 1.54) is 7.11 Å². The molecule has 1 rings (SSSR count). The molecule has 0 aromatic heterocycles. The van der Waals surface area contributed by atoms with Gasteiger partial charge in [0, 0.05) is 11.4 Å². The molecule has 82 valence electrons. The summed E-state index contributed by atoms with van der Waals surface area (Å²) in [6.07, 6.45) is -0.767. The van der Waals surface area contributed by atoms with Crippen molar-refractivity contribution in [2.75, 3.05) is 7.11 Å².